The highest BCUT2D eigenvalue weighted by atomic mass is 16.6. The molecule has 0 aromatic heterocycles. The van der Waals surface area contributed by atoms with Crippen LogP contribution < -0.4 is 5.32 Å². The fourth-order valence-corrected chi connectivity index (χ4v) is 1.76. The second-order valence-electron chi connectivity index (χ2n) is 6.19. The van der Waals surface area contributed by atoms with Gasteiger partial charge in [-0.25, -0.2) is 4.79 Å². The average molecular weight is 273 g/mol. The molecule has 0 saturated heterocycles. The molecule has 5 heteroatoms. The zero-order valence-electron chi connectivity index (χ0n) is 13.1. The maximum atomic E-state index is 11.7. The van der Waals surface area contributed by atoms with E-state index >= 15 is 0 Å². The molecule has 0 spiro atoms. The Balaban J connectivity index is 4.59. The number of nitrogens with one attached hydrogen (secondary N) is 1. The standard InChI is InChI=1S/C14H27NO4/c1-9(2)8-11(12(16)18-7)10(3)15-13(17)19-14(4,5)6/h9-11H,8H2,1-7H3,(H,15,17)/t10-,11-/m1/s1. The van der Waals surface area contributed by atoms with Gasteiger partial charge in [0.1, 0.15) is 5.60 Å². The second-order valence-corrected chi connectivity index (χ2v) is 6.19. The lowest BCUT2D eigenvalue weighted by atomic mass is 9.91. The third-order valence-electron chi connectivity index (χ3n) is 2.58. The molecule has 1 N–H and O–H groups in total. The van der Waals surface area contributed by atoms with Crippen molar-refractivity contribution in [3.05, 3.63) is 0 Å². The Morgan fingerprint density at radius 1 is 1.16 bits per heavy atom. The molecular weight excluding hydrogens is 246 g/mol. The van der Waals surface area contributed by atoms with Crippen molar-refractivity contribution in [3.63, 3.8) is 0 Å². The first-order valence-electron chi connectivity index (χ1n) is 6.64. The Morgan fingerprint density at radius 2 is 1.68 bits per heavy atom. The van der Waals surface area contributed by atoms with Crippen LogP contribution in [0.5, 0.6) is 0 Å². The summed E-state index contributed by atoms with van der Waals surface area (Å²) in [7, 11) is 1.36. The van der Waals surface area contributed by atoms with Crippen LogP contribution in [0.3, 0.4) is 0 Å². The number of methoxy groups -OCH3 is 1. The molecule has 0 aliphatic rings. The van der Waals surface area contributed by atoms with Gasteiger partial charge in [-0.3, -0.25) is 4.79 Å². The molecule has 0 fully saturated rings. The summed E-state index contributed by atoms with van der Waals surface area (Å²) in [6.45, 7) is 11.2. The van der Waals surface area contributed by atoms with E-state index in [2.05, 4.69) is 5.32 Å². The first-order chi connectivity index (χ1) is 8.56. The number of amides is 1. The van der Waals surface area contributed by atoms with E-state index in [0.717, 1.165) is 0 Å². The van der Waals surface area contributed by atoms with Crippen LogP contribution in [0, 0.1) is 11.8 Å². The first kappa shape index (κ1) is 17.7. The SMILES string of the molecule is COC(=O)[C@H](CC(C)C)[C@@H](C)NC(=O)OC(C)(C)C. The summed E-state index contributed by atoms with van der Waals surface area (Å²) in [6.07, 6.45) is 0.140. The van der Waals surface area contributed by atoms with Crippen LogP contribution in [0.1, 0.15) is 48.0 Å². The molecule has 112 valence electrons. The van der Waals surface area contributed by atoms with Gasteiger partial charge in [0.05, 0.1) is 13.0 Å². The van der Waals surface area contributed by atoms with Gasteiger partial charge in [-0.2, -0.15) is 0 Å². The van der Waals surface area contributed by atoms with Crippen LogP contribution in [0.15, 0.2) is 0 Å². The van der Waals surface area contributed by atoms with Crippen LogP contribution in [0.4, 0.5) is 4.79 Å². The van der Waals surface area contributed by atoms with E-state index in [9.17, 15) is 9.59 Å². The minimum atomic E-state index is -0.553. The second kappa shape index (κ2) is 7.36. The van der Waals surface area contributed by atoms with Crippen molar-refractivity contribution in [1.82, 2.24) is 5.32 Å². The first-order valence-corrected chi connectivity index (χ1v) is 6.64. The molecule has 0 unspecified atom stereocenters. The highest BCUT2D eigenvalue weighted by Gasteiger charge is 2.29. The predicted octanol–water partition coefficient (Wildman–Crippen LogP) is 2.73. The van der Waals surface area contributed by atoms with E-state index in [0.29, 0.717) is 12.3 Å². The van der Waals surface area contributed by atoms with Crippen molar-refractivity contribution < 1.29 is 19.1 Å². The van der Waals surface area contributed by atoms with Crippen LogP contribution in [-0.2, 0) is 14.3 Å². The van der Waals surface area contributed by atoms with E-state index in [1.807, 2.05) is 13.8 Å². The summed E-state index contributed by atoms with van der Waals surface area (Å²) >= 11 is 0. The molecule has 0 aliphatic carbocycles. The number of carbonyl (C=O) groups is 2. The van der Waals surface area contributed by atoms with Gasteiger partial charge in [0.2, 0.25) is 0 Å². The zero-order valence-corrected chi connectivity index (χ0v) is 13.1. The van der Waals surface area contributed by atoms with Crippen LogP contribution in [-0.4, -0.2) is 30.8 Å². The summed E-state index contributed by atoms with van der Waals surface area (Å²) in [4.78, 5) is 23.4. The van der Waals surface area contributed by atoms with Crippen LogP contribution >= 0.6 is 0 Å². The minimum Gasteiger partial charge on any atom is -0.469 e. The van der Waals surface area contributed by atoms with E-state index in [4.69, 9.17) is 9.47 Å². The lowest BCUT2D eigenvalue weighted by Crippen LogP contribution is -2.44. The lowest BCUT2D eigenvalue weighted by molar-refractivity contribution is -0.146. The highest BCUT2D eigenvalue weighted by molar-refractivity contribution is 5.75. The molecule has 0 aromatic rings. The molecule has 0 rings (SSSR count). The normalized spacial score (nSPS) is 14.7. The molecule has 0 saturated carbocycles. The number of ether oxygens (including phenoxy) is 2. The van der Waals surface area contributed by atoms with E-state index in [1.165, 1.54) is 7.11 Å². The van der Waals surface area contributed by atoms with Crippen LogP contribution in [0.25, 0.3) is 0 Å². The fraction of sp³-hybridized carbons (Fsp3) is 0.857. The maximum Gasteiger partial charge on any atom is 0.407 e. The quantitative estimate of drug-likeness (QED) is 0.782. The van der Waals surface area contributed by atoms with Gasteiger partial charge < -0.3 is 14.8 Å². The Bertz CT molecular complexity index is 307. The number of hydrogen-bond donors (Lipinski definition) is 1. The Labute approximate surface area is 116 Å². The third kappa shape index (κ3) is 7.70. The Kier molecular flexibility index (Phi) is 6.87. The number of carbonyl (C=O) groups excluding carboxylic acids is 2. The topological polar surface area (TPSA) is 64.6 Å². The van der Waals surface area contributed by atoms with Gasteiger partial charge in [-0.1, -0.05) is 13.8 Å². The predicted molar refractivity (Wildman–Crippen MR) is 73.8 cm³/mol. The van der Waals surface area contributed by atoms with Gasteiger partial charge in [0.15, 0.2) is 0 Å². The molecule has 2 atom stereocenters. The largest absolute Gasteiger partial charge is 0.469 e. The maximum absolute atomic E-state index is 11.7. The molecule has 1 amide bonds. The van der Waals surface area contributed by atoms with Gasteiger partial charge in [0.25, 0.3) is 0 Å². The molecule has 0 aromatic carbocycles. The van der Waals surface area contributed by atoms with E-state index in [-0.39, 0.29) is 17.9 Å². The number of alkyl carbamates (subject to hydrolysis) is 1. The van der Waals surface area contributed by atoms with Crippen molar-refractivity contribution in [3.8, 4) is 0 Å². The Morgan fingerprint density at radius 3 is 2.05 bits per heavy atom. The monoisotopic (exact) mass is 273 g/mol. The van der Waals surface area contributed by atoms with Crippen molar-refractivity contribution in [2.24, 2.45) is 11.8 Å². The minimum absolute atomic E-state index is 0.308. The highest BCUT2D eigenvalue weighted by Crippen LogP contribution is 2.18. The third-order valence-corrected chi connectivity index (χ3v) is 2.58. The molecule has 0 radical (unpaired) electrons. The Hall–Kier alpha value is -1.26. The fourth-order valence-electron chi connectivity index (χ4n) is 1.76. The van der Waals surface area contributed by atoms with E-state index < -0.39 is 11.7 Å². The van der Waals surface area contributed by atoms with Crippen molar-refractivity contribution in [1.29, 1.82) is 0 Å². The number of esters is 1. The van der Waals surface area contributed by atoms with Gasteiger partial charge in [0, 0.05) is 6.04 Å². The van der Waals surface area contributed by atoms with Crippen LogP contribution in [0.2, 0.25) is 0 Å². The molecule has 0 heterocycles. The molecule has 5 nitrogen and oxygen atoms in total. The summed E-state index contributed by atoms with van der Waals surface area (Å²) in [5, 5.41) is 2.70. The zero-order chi connectivity index (χ0) is 15.2. The molecule has 0 aliphatic heterocycles. The lowest BCUT2D eigenvalue weighted by Gasteiger charge is -2.26. The number of rotatable bonds is 5. The van der Waals surface area contributed by atoms with Gasteiger partial charge in [-0.05, 0) is 40.0 Å². The smallest absolute Gasteiger partial charge is 0.407 e. The average Bonchev–Trinajstić information content (AvgIpc) is 2.21. The number of hydrogen-bond acceptors (Lipinski definition) is 4. The molecular formula is C14H27NO4. The summed E-state index contributed by atoms with van der Waals surface area (Å²) in [5.74, 6) is -0.332. The summed E-state index contributed by atoms with van der Waals surface area (Å²) < 4.78 is 9.96. The van der Waals surface area contributed by atoms with Gasteiger partial charge >= 0.3 is 12.1 Å². The summed E-state index contributed by atoms with van der Waals surface area (Å²) in [5.41, 5.74) is -0.553. The van der Waals surface area contributed by atoms with Crippen molar-refractivity contribution in [2.75, 3.05) is 7.11 Å². The summed E-state index contributed by atoms with van der Waals surface area (Å²) in [6, 6.07) is -0.329. The van der Waals surface area contributed by atoms with E-state index in [1.54, 1.807) is 27.7 Å². The van der Waals surface area contributed by atoms with Crippen molar-refractivity contribution in [2.45, 2.75) is 59.6 Å². The van der Waals surface area contributed by atoms with Gasteiger partial charge in [-0.15, -0.1) is 0 Å². The molecule has 19 heavy (non-hydrogen) atoms. The van der Waals surface area contributed by atoms with Crippen molar-refractivity contribution >= 4 is 12.1 Å². The molecule has 0 bridgehead atoms.